The topological polar surface area (TPSA) is 0 Å². The molecule has 0 N–H and O–H groups in total. The number of hydrogen-bond donors (Lipinski definition) is 0. The van der Waals surface area contributed by atoms with Crippen LogP contribution in [0, 0.1) is 55.4 Å². The third kappa shape index (κ3) is 5.24. The molecule has 0 spiro atoms. The van der Waals surface area contributed by atoms with Gasteiger partial charge in [0.2, 0.25) is 0 Å². The third-order valence-electron chi connectivity index (χ3n) is 13.9. The van der Waals surface area contributed by atoms with Crippen molar-refractivity contribution in [1.82, 2.24) is 0 Å². The SMILES string of the molecule is Cc1c(C)c(C)c2c(-c3ccc4c(c3)-c3ccccc3C4)c3c(C)c(C)c(C)c(C)c3c(C3=CC=C(C4=CC=C(C5=CC=CCC5)CC4)CC3)c2c1C. The van der Waals surface area contributed by atoms with Crippen LogP contribution in [0.2, 0.25) is 0 Å². The standard InChI is InChI=1S/C53H52/c1-30-32(3)36(7)50-48(34(30)5)52(42-24-22-41(23-25-42)40-20-18-39(19-21-40)38-14-10-9-11-15-38)49-35(6)31(2)33(4)37(8)51(49)53(50)45-27-26-44-28-43-16-12-13-17-46(43)47(44)29-45/h9-10,12-14,16-18,20,22,24,26-27,29H,11,15,19,21,23,25,28H2,1-8H3. The van der Waals surface area contributed by atoms with Crippen molar-refractivity contribution in [2.45, 2.75) is 100 Å². The number of fused-ring (bicyclic) bond motifs is 5. The lowest BCUT2D eigenvalue weighted by atomic mass is 9.75. The largest absolute Gasteiger partial charge is 0.0842 e. The van der Waals surface area contributed by atoms with Gasteiger partial charge in [0.15, 0.2) is 0 Å². The Morgan fingerprint density at radius 1 is 0.396 bits per heavy atom. The van der Waals surface area contributed by atoms with E-state index in [0.29, 0.717) is 0 Å². The van der Waals surface area contributed by atoms with Crippen molar-refractivity contribution in [2.24, 2.45) is 0 Å². The Bertz CT molecular complexity index is 2550. The summed E-state index contributed by atoms with van der Waals surface area (Å²) in [6.07, 6.45) is 24.5. The molecule has 0 nitrogen and oxygen atoms in total. The van der Waals surface area contributed by atoms with E-state index < -0.39 is 0 Å². The van der Waals surface area contributed by atoms with E-state index in [2.05, 4.69) is 140 Å². The highest BCUT2D eigenvalue weighted by Gasteiger charge is 2.28. The zero-order valence-corrected chi connectivity index (χ0v) is 33.0. The average Bonchev–Trinajstić information content (AvgIpc) is 3.58. The van der Waals surface area contributed by atoms with E-state index in [-0.39, 0.29) is 0 Å². The molecule has 0 aliphatic heterocycles. The molecule has 5 aromatic carbocycles. The quantitative estimate of drug-likeness (QED) is 0.162. The van der Waals surface area contributed by atoms with Crippen LogP contribution in [0.25, 0.3) is 49.4 Å². The maximum Gasteiger partial charge on any atom is -0.00134 e. The Kier molecular flexibility index (Phi) is 8.23. The van der Waals surface area contributed by atoms with Crippen LogP contribution in [0.15, 0.2) is 107 Å². The number of benzene rings is 5. The highest BCUT2D eigenvalue weighted by atomic mass is 14.3. The lowest BCUT2D eigenvalue weighted by Gasteiger charge is -2.29. The number of hydrogen-bond acceptors (Lipinski definition) is 0. The summed E-state index contributed by atoms with van der Waals surface area (Å²) in [7, 11) is 0. The second-order valence-electron chi connectivity index (χ2n) is 16.4. The van der Waals surface area contributed by atoms with Gasteiger partial charge in [-0.05, 0) is 239 Å². The molecule has 0 fully saturated rings. The minimum Gasteiger partial charge on any atom is -0.0842 e. The van der Waals surface area contributed by atoms with Crippen molar-refractivity contribution in [1.29, 1.82) is 0 Å². The Morgan fingerprint density at radius 3 is 1.38 bits per heavy atom. The van der Waals surface area contributed by atoms with Gasteiger partial charge in [0.1, 0.15) is 0 Å². The normalized spacial score (nSPS) is 16.6. The molecule has 9 rings (SSSR count). The van der Waals surface area contributed by atoms with Crippen LogP contribution in [0.4, 0.5) is 0 Å². The molecule has 0 radical (unpaired) electrons. The first-order chi connectivity index (χ1) is 25.6. The van der Waals surface area contributed by atoms with Crippen LogP contribution < -0.4 is 0 Å². The van der Waals surface area contributed by atoms with E-state index in [1.807, 2.05) is 0 Å². The lowest BCUT2D eigenvalue weighted by Crippen LogP contribution is -2.07. The molecule has 0 bridgehead atoms. The van der Waals surface area contributed by atoms with Crippen LogP contribution in [-0.4, -0.2) is 0 Å². The summed E-state index contributed by atoms with van der Waals surface area (Å²) in [5.41, 5.74) is 28.9. The molecule has 0 heterocycles. The molecule has 0 heteroatoms. The molecule has 0 amide bonds. The van der Waals surface area contributed by atoms with E-state index in [0.717, 1.165) is 32.1 Å². The van der Waals surface area contributed by atoms with Crippen molar-refractivity contribution in [3.63, 3.8) is 0 Å². The van der Waals surface area contributed by atoms with Crippen molar-refractivity contribution in [3.8, 4) is 22.3 Å². The molecule has 0 saturated heterocycles. The molecule has 4 aliphatic carbocycles. The van der Waals surface area contributed by atoms with Gasteiger partial charge in [-0.2, -0.15) is 0 Å². The molecule has 264 valence electrons. The molecule has 0 unspecified atom stereocenters. The molecule has 5 aromatic rings. The molecule has 4 aliphatic rings. The first-order valence-electron chi connectivity index (χ1n) is 20.0. The summed E-state index contributed by atoms with van der Waals surface area (Å²) in [5, 5.41) is 5.81. The number of aryl methyl sites for hydroxylation is 4. The van der Waals surface area contributed by atoms with E-state index in [9.17, 15) is 0 Å². The number of allylic oxidation sites excluding steroid dienone is 12. The second kappa shape index (κ2) is 12.9. The smallest absolute Gasteiger partial charge is 0.00134 e. The van der Waals surface area contributed by atoms with Crippen molar-refractivity contribution in [2.75, 3.05) is 0 Å². The maximum atomic E-state index is 2.52. The number of rotatable bonds is 4. The molecule has 53 heavy (non-hydrogen) atoms. The summed E-state index contributed by atoms with van der Waals surface area (Å²) in [5.74, 6) is 0. The Balaban J connectivity index is 1.31. The van der Waals surface area contributed by atoms with Crippen LogP contribution in [0.5, 0.6) is 0 Å². The Morgan fingerprint density at radius 2 is 0.868 bits per heavy atom. The van der Waals surface area contributed by atoms with E-state index >= 15 is 0 Å². The first-order valence-corrected chi connectivity index (χ1v) is 20.0. The fourth-order valence-electron chi connectivity index (χ4n) is 10.2. The van der Waals surface area contributed by atoms with Crippen molar-refractivity contribution >= 4 is 27.1 Å². The zero-order chi connectivity index (χ0) is 36.7. The molecule has 0 atom stereocenters. The van der Waals surface area contributed by atoms with Gasteiger partial charge in [0.25, 0.3) is 0 Å². The van der Waals surface area contributed by atoms with Gasteiger partial charge in [0, 0.05) is 0 Å². The molecule has 0 aromatic heterocycles. The fourth-order valence-corrected chi connectivity index (χ4v) is 10.2. The summed E-state index contributed by atoms with van der Waals surface area (Å²) in [6, 6.07) is 16.4. The second-order valence-corrected chi connectivity index (χ2v) is 16.4. The van der Waals surface area contributed by atoms with Gasteiger partial charge in [-0.1, -0.05) is 78.9 Å². The summed E-state index contributed by atoms with van der Waals surface area (Å²) < 4.78 is 0. The summed E-state index contributed by atoms with van der Waals surface area (Å²) >= 11 is 0. The fraction of sp³-hybridized carbons (Fsp3) is 0.283. The predicted octanol–water partition coefficient (Wildman–Crippen LogP) is 14.7. The minimum atomic E-state index is 1.02. The van der Waals surface area contributed by atoms with Gasteiger partial charge in [0.05, 0.1) is 0 Å². The molecular weight excluding hydrogens is 637 g/mol. The van der Waals surface area contributed by atoms with Crippen LogP contribution in [0.1, 0.15) is 99.7 Å². The van der Waals surface area contributed by atoms with Gasteiger partial charge >= 0.3 is 0 Å². The van der Waals surface area contributed by atoms with E-state index in [1.165, 1.54) is 146 Å². The van der Waals surface area contributed by atoms with E-state index in [4.69, 9.17) is 0 Å². The maximum absolute atomic E-state index is 2.52. The lowest BCUT2D eigenvalue weighted by molar-refractivity contribution is 0.853. The van der Waals surface area contributed by atoms with Crippen LogP contribution in [0.3, 0.4) is 0 Å². The van der Waals surface area contributed by atoms with Crippen molar-refractivity contribution in [3.05, 3.63) is 168 Å². The van der Waals surface area contributed by atoms with E-state index in [1.54, 1.807) is 0 Å². The third-order valence-corrected chi connectivity index (χ3v) is 13.9. The minimum absolute atomic E-state index is 1.02. The molecular formula is C53H52. The highest BCUT2D eigenvalue weighted by molar-refractivity contribution is 6.23. The predicted molar refractivity (Wildman–Crippen MR) is 230 cm³/mol. The van der Waals surface area contributed by atoms with Gasteiger partial charge in [-0.3, -0.25) is 0 Å². The first kappa shape index (κ1) is 33.9. The molecule has 0 saturated carbocycles. The van der Waals surface area contributed by atoms with Crippen molar-refractivity contribution < 1.29 is 0 Å². The Labute approximate surface area is 317 Å². The highest BCUT2D eigenvalue weighted by Crippen LogP contribution is 2.51. The van der Waals surface area contributed by atoms with Crippen LogP contribution >= 0.6 is 0 Å². The summed E-state index contributed by atoms with van der Waals surface area (Å²) in [6.45, 7) is 18.9. The monoisotopic (exact) mass is 688 g/mol. The average molecular weight is 689 g/mol. The van der Waals surface area contributed by atoms with Gasteiger partial charge in [-0.25, -0.2) is 0 Å². The zero-order valence-electron chi connectivity index (χ0n) is 33.0. The van der Waals surface area contributed by atoms with Gasteiger partial charge in [-0.15, -0.1) is 0 Å². The summed E-state index contributed by atoms with van der Waals surface area (Å²) in [4.78, 5) is 0. The Hall–Kier alpha value is -4.94. The van der Waals surface area contributed by atoms with Gasteiger partial charge < -0.3 is 0 Å². The van der Waals surface area contributed by atoms with Crippen LogP contribution in [-0.2, 0) is 6.42 Å².